The topological polar surface area (TPSA) is 8.17 Å². The molecule has 0 radical (unpaired) electrons. The third-order valence-electron chi connectivity index (χ3n) is 11.9. The number of rotatable bonds is 6. The van der Waals surface area contributed by atoms with E-state index >= 15 is 0 Å². The van der Waals surface area contributed by atoms with Gasteiger partial charge in [0.1, 0.15) is 0 Å². The lowest BCUT2D eigenvalue weighted by molar-refractivity contribution is 1.19. The summed E-state index contributed by atoms with van der Waals surface area (Å²) in [7, 11) is 0. The Kier molecular flexibility index (Phi) is 7.75. The van der Waals surface area contributed by atoms with E-state index in [9.17, 15) is 0 Å². The van der Waals surface area contributed by atoms with Crippen molar-refractivity contribution >= 4 is 91.9 Å². The van der Waals surface area contributed by atoms with Crippen molar-refractivity contribution in [3.63, 3.8) is 0 Å². The number of aromatic nitrogens is 1. The molecule has 10 aromatic carbocycles. The number of thiophene rings is 1. The summed E-state index contributed by atoms with van der Waals surface area (Å²) < 4.78 is 5.06. The minimum Gasteiger partial charge on any atom is -0.310 e. The third-order valence-corrected chi connectivity index (χ3v) is 13.1. The van der Waals surface area contributed by atoms with E-state index in [4.69, 9.17) is 0 Å². The van der Waals surface area contributed by atoms with Gasteiger partial charge in [0.05, 0.1) is 11.0 Å². The molecular formula is C56H36N2S. The Morgan fingerprint density at radius 3 is 1.80 bits per heavy atom. The number of para-hydroxylation sites is 2. The molecule has 0 amide bonds. The summed E-state index contributed by atoms with van der Waals surface area (Å²) in [5.74, 6) is 0. The highest BCUT2D eigenvalue weighted by atomic mass is 32.1. The van der Waals surface area contributed by atoms with Crippen molar-refractivity contribution in [3.05, 3.63) is 218 Å². The molecule has 2 nitrogen and oxygen atoms in total. The van der Waals surface area contributed by atoms with E-state index in [2.05, 4.69) is 228 Å². The Hall–Kier alpha value is -7.46. The molecule has 0 unspecified atom stereocenters. The van der Waals surface area contributed by atoms with Crippen molar-refractivity contribution < 1.29 is 0 Å². The summed E-state index contributed by atoms with van der Waals surface area (Å²) in [6.07, 6.45) is 0. The molecule has 0 bridgehead atoms. The van der Waals surface area contributed by atoms with Crippen LogP contribution < -0.4 is 4.90 Å². The van der Waals surface area contributed by atoms with Gasteiger partial charge in [-0.25, -0.2) is 0 Å². The quantitative estimate of drug-likeness (QED) is 0.153. The van der Waals surface area contributed by atoms with E-state index in [1.54, 1.807) is 0 Å². The minimum atomic E-state index is 1.12. The Morgan fingerprint density at radius 1 is 0.305 bits per heavy atom. The molecule has 0 saturated carbocycles. The van der Waals surface area contributed by atoms with Gasteiger partial charge in [0.15, 0.2) is 0 Å². The highest BCUT2D eigenvalue weighted by molar-refractivity contribution is 7.25. The lowest BCUT2D eigenvalue weighted by Crippen LogP contribution is -2.09. The smallest absolute Gasteiger partial charge is 0.0541 e. The lowest BCUT2D eigenvalue weighted by atomic mass is 9.97. The van der Waals surface area contributed by atoms with Crippen molar-refractivity contribution in [2.75, 3.05) is 4.90 Å². The Morgan fingerprint density at radius 2 is 0.915 bits per heavy atom. The molecule has 12 aromatic rings. The van der Waals surface area contributed by atoms with Gasteiger partial charge in [-0.15, -0.1) is 11.3 Å². The van der Waals surface area contributed by atoms with Crippen LogP contribution in [0.15, 0.2) is 218 Å². The molecule has 0 atom stereocenters. The summed E-state index contributed by atoms with van der Waals surface area (Å²) in [5.41, 5.74) is 11.8. The van der Waals surface area contributed by atoms with Crippen LogP contribution in [0.2, 0.25) is 0 Å². The molecule has 0 spiro atoms. The average Bonchev–Trinajstić information content (AvgIpc) is 3.84. The van der Waals surface area contributed by atoms with Crippen LogP contribution in [0.3, 0.4) is 0 Å². The third kappa shape index (κ3) is 5.62. The molecule has 2 aromatic heterocycles. The second-order valence-electron chi connectivity index (χ2n) is 15.4. The standard InChI is InChI=1S/C56H36N2S/c1-2-14-43(15-3-1)57(45-28-30-48-42(34-45)22-21-38-11-4-5-16-47(38)48)44-26-23-37(24-27-44)39-12-10-13-40(33-39)41-25-32-54-52(35-41)49-17-6-8-19-53(49)58(54)46-29-31-51-50-18-7-9-20-55(50)59-56(51)36-46/h1-36H. The first-order valence-electron chi connectivity index (χ1n) is 20.2. The van der Waals surface area contributed by atoms with Gasteiger partial charge in [0.2, 0.25) is 0 Å². The first kappa shape index (κ1) is 33.7. The van der Waals surface area contributed by atoms with Crippen molar-refractivity contribution in [1.82, 2.24) is 4.57 Å². The predicted octanol–water partition coefficient (Wildman–Crippen LogP) is 16.3. The fourth-order valence-electron chi connectivity index (χ4n) is 9.13. The van der Waals surface area contributed by atoms with Gasteiger partial charge >= 0.3 is 0 Å². The maximum absolute atomic E-state index is 2.43. The zero-order chi connectivity index (χ0) is 38.9. The second kappa shape index (κ2) is 13.6. The molecule has 2 heterocycles. The second-order valence-corrected chi connectivity index (χ2v) is 16.4. The summed E-state index contributed by atoms with van der Waals surface area (Å²) >= 11 is 1.87. The van der Waals surface area contributed by atoms with Crippen LogP contribution in [0.1, 0.15) is 0 Å². The SMILES string of the molecule is c1ccc(N(c2ccc(-c3cccc(-c4ccc5c(c4)c4ccccc4n5-c4ccc5c(c4)sc4ccccc45)c3)cc2)c2ccc3c(ccc4ccccc43)c2)cc1. The van der Waals surface area contributed by atoms with E-state index in [1.807, 2.05) is 11.3 Å². The van der Waals surface area contributed by atoms with Crippen LogP contribution in [0, 0.1) is 0 Å². The first-order valence-corrected chi connectivity index (χ1v) is 21.0. The fourth-order valence-corrected chi connectivity index (χ4v) is 10.3. The Labute approximate surface area is 346 Å². The molecule has 12 rings (SSSR count). The maximum Gasteiger partial charge on any atom is 0.0541 e. The summed E-state index contributed by atoms with van der Waals surface area (Å²) in [4.78, 5) is 2.35. The van der Waals surface area contributed by atoms with Gasteiger partial charge < -0.3 is 9.47 Å². The minimum absolute atomic E-state index is 1.12. The van der Waals surface area contributed by atoms with Gasteiger partial charge in [-0.05, 0) is 123 Å². The van der Waals surface area contributed by atoms with E-state index in [0.29, 0.717) is 0 Å². The molecule has 3 heteroatoms. The maximum atomic E-state index is 2.43. The van der Waals surface area contributed by atoms with Gasteiger partial charge in [0.25, 0.3) is 0 Å². The molecular weight excluding hydrogens is 733 g/mol. The van der Waals surface area contributed by atoms with Gasteiger partial charge in [-0.2, -0.15) is 0 Å². The molecule has 59 heavy (non-hydrogen) atoms. The first-order chi connectivity index (χ1) is 29.2. The normalized spacial score (nSPS) is 11.7. The monoisotopic (exact) mass is 768 g/mol. The molecule has 0 aliphatic rings. The van der Waals surface area contributed by atoms with Crippen LogP contribution in [0.4, 0.5) is 17.1 Å². The zero-order valence-corrected chi connectivity index (χ0v) is 32.9. The number of benzene rings is 10. The number of nitrogens with zero attached hydrogens (tertiary/aromatic N) is 2. The average molecular weight is 769 g/mol. The van der Waals surface area contributed by atoms with Crippen molar-refractivity contribution in [2.45, 2.75) is 0 Å². The van der Waals surface area contributed by atoms with E-state index in [0.717, 1.165) is 17.1 Å². The van der Waals surface area contributed by atoms with Crippen LogP contribution in [0.25, 0.3) is 91.5 Å². The number of hydrogen-bond donors (Lipinski definition) is 0. The summed E-state index contributed by atoms with van der Waals surface area (Å²) in [6, 6.07) is 79.9. The predicted molar refractivity (Wildman–Crippen MR) is 254 cm³/mol. The summed E-state index contributed by atoms with van der Waals surface area (Å²) in [5, 5.41) is 10.2. The number of anilines is 3. The molecule has 0 N–H and O–H groups in total. The highest BCUT2D eigenvalue weighted by Crippen LogP contribution is 2.41. The van der Waals surface area contributed by atoms with E-state index < -0.39 is 0 Å². The zero-order valence-electron chi connectivity index (χ0n) is 32.1. The lowest BCUT2D eigenvalue weighted by Gasteiger charge is -2.26. The highest BCUT2D eigenvalue weighted by Gasteiger charge is 2.17. The number of hydrogen-bond acceptors (Lipinski definition) is 2. The van der Waals surface area contributed by atoms with Crippen molar-refractivity contribution in [3.8, 4) is 27.9 Å². The largest absolute Gasteiger partial charge is 0.310 e. The van der Waals surface area contributed by atoms with Crippen LogP contribution in [0.5, 0.6) is 0 Å². The Balaban J connectivity index is 0.901. The Bertz CT molecular complexity index is 3560. The molecule has 0 aliphatic carbocycles. The van der Waals surface area contributed by atoms with E-state index in [-0.39, 0.29) is 0 Å². The van der Waals surface area contributed by atoms with Gasteiger partial charge in [-0.1, -0.05) is 140 Å². The molecule has 0 aliphatic heterocycles. The summed E-state index contributed by atoms with van der Waals surface area (Å²) in [6.45, 7) is 0. The molecule has 0 saturated heterocycles. The van der Waals surface area contributed by atoms with Gasteiger partial charge in [0, 0.05) is 53.7 Å². The van der Waals surface area contributed by atoms with Crippen LogP contribution in [-0.2, 0) is 0 Å². The van der Waals surface area contributed by atoms with Crippen molar-refractivity contribution in [2.24, 2.45) is 0 Å². The van der Waals surface area contributed by atoms with Crippen LogP contribution in [-0.4, -0.2) is 4.57 Å². The fraction of sp³-hybridized carbons (Fsp3) is 0. The molecule has 0 fully saturated rings. The van der Waals surface area contributed by atoms with Crippen LogP contribution >= 0.6 is 11.3 Å². The molecule has 276 valence electrons. The van der Waals surface area contributed by atoms with E-state index in [1.165, 1.54) is 91.5 Å². The van der Waals surface area contributed by atoms with Crippen molar-refractivity contribution in [1.29, 1.82) is 0 Å². The number of fused-ring (bicyclic) bond motifs is 9. The van der Waals surface area contributed by atoms with Gasteiger partial charge in [-0.3, -0.25) is 0 Å².